The molecule has 0 unspecified atom stereocenters. The van der Waals surface area contributed by atoms with Gasteiger partial charge in [-0.15, -0.1) is 11.3 Å². The highest BCUT2D eigenvalue weighted by molar-refractivity contribution is 9.10. The molecule has 9 nitrogen and oxygen atoms in total. The van der Waals surface area contributed by atoms with Crippen LogP contribution in [0.2, 0.25) is 5.02 Å². The van der Waals surface area contributed by atoms with E-state index in [0.717, 1.165) is 35.5 Å². The van der Waals surface area contributed by atoms with Gasteiger partial charge in [-0.2, -0.15) is 0 Å². The number of benzene rings is 2. The summed E-state index contributed by atoms with van der Waals surface area (Å²) in [4.78, 5) is 40.3. The number of nitrogens with zero attached hydrogens (tertiary/aromatic N) is 1. The Bertz CT molecular complexity index is 1470. The summed E-state index contributed by atoms with van der Waals surface area (Å²) < 4.78 is 16.6. The lowest BCUT2D eigenvalue weighted by molar-refractivity contribution is -0.157. The maximum atomic E-state index is 12.7. The first kappa shape index (κ1) is 32.6. The van der Waals surface area contributed by atoms with Crippen LogP contribution in [0.3, 0.4) is 0 Å². The lowest BCUT2D eigenvalue weighted by Gasteiger charge is -2.32. The molecule has 4 rings (SSSR count). The molecular weight excluding hydrogens is 658 g/mol. The summed E-state index contributed by atoms with van der Waals surface area (Å²) in [6, 6.07) is 14.9. The zero-order valence-electron chi connectivity index (χ0n) is 24.5. The van der Waals surface area contributed by atoms with Crippen molar-refractivity contribution in [3.63, 3.8) is 0 Å². The standard InChI is InChI=1S/C31H35BrClN3O6S/c1-31(2,3)42-24(37)18-41-26-25(32)27(43-28(26)29(38)40-4)20-8-7-9-21(16-20)34-17-19-12-14-36(15-13-19)30(39)35-23-11-6-5-10-22(23)33/h5-11,16,19,34H,12-15,17-18H2,1-4H3,(H,35,39). The Hall–Kier alpha value is -3.28. The number of methoxy groups -OCH3 is 1. The number of amides is 2. The van der Waals surface area contributed by atoms with E-state index in [2.05, 4.69) is 26.6 Å². The van der Waals surface area contributed by atoms with Crippen molar-refractivity contribution in [1.29, 1.82) is 0 Å². The molecule has 1 saturated heterocycles. The molecule has 3 aromatic rings. The lowest BCUT2D eigenvalue weighted by atomic mass is 9.97. The van der Waals surface area contributed by atoms with Gasteiger partial charge in [-0.1, -0.05) is 35.9 Å². The molecule has 2 N–H and O–H groups in total. The second kappa shape index (κ2) is 14.5. The first-order valence-corrected chi connectivity index (χ1v) is 15.8. The van der Waals surface area contributed by atoms with Gasteiger partial charge in [0.15, 0.2) is 17.2 Å². The third kappa shape index (κ3) is 8.87. The number of nitrogens with one attached hydrogen (secondary N) is 2. The van der Waals surface area contributed by atoms with E-state index >= 15 is 0 Å². The smallest absolute Gasteiger partial charge is 0.351 e. The van der Waals surface area contributed by atoms with E-state index in [1.807, 2.05) is 41.3 Å². The summed E-state index contributed by atoms with van der Waals surface area (Å²) in [5.41, 5.74) is 1.74. The van der Waals surface area contributed by atoms with Crippen LogP contribution in [0.4, 0.5) is 16.2 Å². The van der Waals surface area contributed by atoms with Crippen LogP contribution in [-0.4, -0.2) is 61.8 Å². The van der Waals surface area contributed by atoms with Crippen molar-refractivity contribution in [3.8, 4) is 16.2 Å². The van der Waals surface area contributed by atoms with Gasteiger partial charge >= 0.3 is 18.0 Å². The molecule has 2 heterocycles. The average Bonchev–Trinajstić information content (AvgIpc) is 3.31. The molecule has 1 fully saturated rings. The van der Waals surface area contributed by atoms with Crippen molar-refractivity contribution >= 4 is 68.2 Å². The van der Waals surface area contributed by atoms with Crippen LogP contribution in [0.25, 0.3) is 10.4 Å². The minimum Gasteiger partial charge on any atom is -0.479 e. The number of hydrogen-bond acceptors (Lipinski definition) is 8. The van der Waals surface area contributed by atoms with Crippen molar-refractivity contribution in [3.05, 3.63) is 62.9 Å². The first-order valence-electron chi connectivity index (χ1n) is 13.8. The number of para-hydroxylation sites is 1. The Morgan fingerprint density at radius 1 is 1.09 bits per heavy atom. The van der Waals surface area contributed by atoms with E-state index < -0.39 is 17.5 Å². The second-order valence-electron chi connectivity index (χ2n) is 11.1. The molecule has 12 heteroatoms. The number of anilines is 2. The molecular formula is C31H35BrClN3O6S. The number of hydrogen-bond donors (Lipinski definition) is 2. The van der Waals surface area contributed by atoms with Crippen molar-refractivity contribution in [2.45, 2.75) is 39.2 Å². The predicted octanol–water partition coefficient (Wildman–Crippen LogP) is 7.69. The van der Waals surface area contributed by atoms with Gasteiger partial charge in [0.25, 0.3) is 0 Å². The maximum Gasteiger partial charge on any atom is 0.351 e. The highest BCUT2D eigenvalue weighted by Gasteiger charge is 2.27. The largest absolute Gasteiger partial charge is 0.479 e. The molecule has 1 aliphatic heterocycles. The SMILES string of the molecule is COC(=O)c1sc(-c2cccc(NCC3CCN(C(=O)Nc4ccccc4Cl)CC3)c2)c(Br)c1OCC(=O)OC(C)(C)C. The fraction of sp³-hybridized carbons (Fsp3) is 0.387. The number of thiophene rings is 1. The minimum atomic E-state index is -0.654. The Kier molecular flexibility index (Phi) is 11.0. The number of rotatable bonds is 9. The van der Waals surface area contributed by atoms with Crippen LogP contribution in [0.15, 0.2) is 53.0 Å². The Labute approximate surface area is 269 Å². The van der Waals surface area contributed by atoms with Gasteiger partial charge in [-0.25, -0.2) is 14.4 Å². The van der Waals surface area contributed by atoms with Crippen LogP contribution in [0.1, 0.15) is 43.3 Å². The number of likely N-dealkylation sites (tertiary alicyclic amines) is 1. The van der Waals surface area contributed by atoms with Crippen LogP contribution >= 0.6 is 38.9 Å². The zero-order chi connectivity index (χ0) is 31.1. The molecule has 2 amide bonds. The summed E-state index contributed by atoms with van der Waals surface area (Å²) in [6.07, 6.45) is 1.75. The van der Waals surface area contributed by atoms with Gasteiger partial charge in [0.05, 0.1) is 27.2 Å². The first-order chi connectivity index (χ1) is 20.4. The summed E-state index contributed by atoms with van der Waals surface area (Å²) in [7, 11) is 1.30. The number of piperidine rings is 1. The molecule has 0 spiro atoms. The third-order valence-electron chi connectivity index (χ3n) is 6.67. The highest BCUT2D eigenvalue weighted by Crippen LogP contribution is 2.46. The molecule has 1 aliphatic rings. The molecule has 43 heavy (non-hydrogen) atoms. The quantitative estimate of drug-likeness (QED) is 0.222. The summed E-state index contributed by atoms with van der Waals surface area (Å²) in [6.45, 7) is 7.05. The van der Waals surface area contributed by atoms with Gasteiger partial charge in [-0.3, -0.25) is 0 Å². The molecule has 230 valence electrons. The van der Waals surface area contributed by atoms with Gasteiger partial charge in [-0.05, 0) is 85.3 Å². The fourth-order valence-corrected chi connectivity index (χ4v) is 6.72. The van der Waals surface area contributed by atoms with Crippen molar-refractivity contribution in [2.75, 3.05) is 44.0 Å². The van der Waals surface area contributed by atoms with Crippen molar-refractivity contribution in [2.24, 2.45) is 5.92 Å². The van der Waals surface area contributed by atoms with Gasteiger partial charge in [0.1, 0.15) is 5.60 Å². The Morgan fingerprint density at radius 3 is 2.49 bits per heavy atom. The second-order valence-corrected chi connectivity index (χ2v) is 13.3. The monoisotopic (exact) mass is 691 g/mol. The molecule has 0 atom stereocenters. The number of urea groups is 1. The van der Waals surface area contributed by atoms with Crippen LogP contribution < -0.4 is 15.4 Å². The molecule has 0 bridgehead atoms. The van der Waals surface area contributed by atoms with Gasteiger partial charge in [0.2, 0.25) is 0 Å². The predicted molar refractivity (Wildman–Crippen MR) is 173 cm³/mol. The number of ether oxygens (including phenoxy) is 3. The highest BCUT2D eigenvalue weighted by atomic mass is 79.9. The van der Waals surface area contributed by atoms with Gasteiger partial charge in [0, 0.05) is 25.3 Å². The third-order valence-corrected chi connectivity index (χ3v) is 9.22. The Morgan fingerprint density at radius 2 is 1.81 bits per heavy atom. The van der Waals surface area contributed by atoms with Crippen molar-refractivity contribution in [1.82, 2.24) is 4.90 Å². The van der Waals surface area contributed by atoms with Crippen LogP contribution in [0, 0.1) is 5.92 Å². The minimum absolute atomic E-state index is 0.144. The molecule has 2 aromatic carbocycles. The number of halogens is 2. The van der Waals surface area contributed by atoms with E-state index in [0.29, 0.717) is 34.2 Å². The summed E-state index contributed by atoms with van der Waals surface area (Å²) in [5.74, 6) is -0.458. The van der Waals surface area contributed by atoms with Gasteiger partial charge < -0.3 is 29.7 Å². The molecule has 0 aliphatic carbocycles. The topological polar surface area (TPSA) is 106 Å². The Balaban J connectivity index is 1.37. The normalized spacial score (nSPS) is 13.8. The number of esters is 2. The summed E-state index contributed by atoms with van der Waals surface area (Å²) >= 11 is 11.0. The number of carbonyl (C=O) groups is 3. The molecule has 1 aromatic heterocycles. The molecule has 0 saturated carbocycles. The van der Waals surface area contributed by atoms with Crippen molar-refractivity contribution < 1.29 is 28.6 Å². The summed E-state index contributed by atoms with van der Waals surface area (Å²) in [5, 5.41) is 6.93. The van der Waals surface area contributed by atoms with E-state index in [4.69, 9.17) is 25.8 Å². The van der Waals surface area contributed by atoms with E-state index in [9.17, 15) is 14.4 Å². The van der Waals surface area contributed by atoms with E-state index in [1.165, 1.54) is 18.4 Å². The van der Waals surface area contributed by atoms with Crippen LogP contribution in [-0.2, 0) is 14.3 Å². The zero-order valence-corrected chi connectivity index (χ0v) is 27.7. The van der Waals surface area contributed by atoms with E-state index in [1.54, 1.807) is 32.9 Å². The maximum absolute atomic E-state index is 12.7. The average molecular weight is 693 g/mol. The molecule has 0 radical (unpaired) electrons. The van der Waals surface area contributed by atoms with E-state index in [-0.39, 0.29) is 23.3 Å². The fourth-order valence-electron chi connectivity index (χ4n) is 4.57. The van der Waals surface area contributed by atoms with Crippen LogP contribution in [0.5, 0.6) is 5.75 Å². The lowest BCUT2D eigenvalue weighted by Crippen LogP contribution is -2.42. The number of carbonyl (C=O) groups excluding carboxylic acids is 3.